The van der Waals surface area contributed by atoms with Gasteiger partial charge in [0.25, 0.3) is 0 Å². The normalized spacial score (nSPS) is 23.8. The van der Waals surface area contributed by atoms with E-state index in [1.54, 1.807) is 0 Å². The Bertz CT molecular complexity index is 494. The third-order valence-corrected chi connectivity index (χ3v) is 4.39. The molecule has 1 aromatic rings. The lowest BCUT2D eigenvalue weighted by Gasteiger charge is -2.32. The molecule has 1 aliphatic heterocycles. The molecule has 3 rings (SSSR count). The van der Waals surface area contributed by atoms with E-state index < -0.39 is 5.60 Å². The van der Waals surface area contributed by atoms with Gasteiger partial charge in [0.1, 0.15) is 18.3 Å². The van der Waals surface area contributed by atoms with E-state index in [1.165, 1.54) is 6.42 Å². The van der Waals surface area contributed by atoms with E-state index in [9.17, 15) is 9.90 Å². The topological polar surface area (TPSA) is 58.6 Å². The second-order valence-electron chi connectivity index (χ2n) is 5.90. The maximum Gasteiger partial charge on any atom is 0.231 e. The van der Waals surface area contributed by atoms with Gasteiger partial charge in [0.2, 0.25) is 5.91 Å². The SMILES string of the molecule is O=C(NCC1(O)CCCCC1)C1COc2ccccc21. The highest BCUT2D eigenvalue weighted by molar-refractivity contribution is 5.85. The van der Waals surface area contributed by atoms with Gasteiger partial charge in [0.15, 0.2) is 0 Å². The van der Waals surface area contributed by atoms with Crippen molar-refractivity contribution in [1.82, 2.24) is 5.32 Å². The molecule has 1 unspecified atom stereocenters. The molecule has 1 amide bonds. The number of benzene rings is 1. The van der Waals surface area contributed by atoms with E-state index in [0.29, 0.717) is 13.2 Å². The molecule has 0 bridgehead atoms. The lowest BCUT2D eigenvalue weighted by molar-refractivity contribution is -0.124. The molecule has 0 aromatic heterocycles. The van der Waals surface area contributed by atoms with Gasteiger partial charge >= 0.3 is 0 Å². The Morgan fingerprint density at radius 2 is 2.05 bits per heavy atom. The van der Waals surface area contributed by atoms with Crippen molar-refractivity contribution in [3.05, 3.63) is 29.8 Å². The van der Waals surface area contributed by atoms with Crippen LogP contribution in [-0.4, -0.2) is 29.8 Å². The van der Waals surface area contributed by atoms with Crippen molar-refractivity contribution >= 4 is 5.91 Å². The first kappa shape index (κ1) is 13.4. The molecular formula is C16H21NO3. The van der Waals surface area contributed by atoms with Gasteiger partial charge in [-0.3, -0.25) is 4.79 Å². The van der Waals surface area contributed by atoms with Gasteiger partial charge in [-0.25, -0.2) is 0 Å². The molecular weight excluding hydrogens is 254 g/mol. The average molecular weight is 275 g/mol. The summed E-state index contributed by atoms with van der Waals surface area (Å²) >= 11 is 0. The average Bonchev–Trinajstić information content (AvgIpc) is 2.90. The highest BCUT2D eigenvalue weighted by atomic mass is 16.5. The summed E-state index contributed by atoms with van der Waals surface area (Å²) in [5.41, 5.74) is 0.230. The molecule has 4 nitrogen and oxygen atoms in total. The molecule has 0 saturated heterocycles. The van der Waals surface area contributed by atoms with Crippen molar-refractivity contribution in [2.24, 2.45) is 0 Å². The molecule has 20 heavy (non-hydrogen) atoms. The molecule has 1 heterocycles. The van der Waals surface area contributed by atoms with Crippen LogP contribution < -0.4 is 10.1 Å². The zero-order chi connectivity index (χ0) is 14.0. The molecule has 4 heteroatoms. The van der Waals surface area contributed by atoms with Crippen molar-refractivity contribution in [3.8, 4) is 5.75 Å². The van der Waals surface area contributed by atoms with E-state index in [2.05, 4.69) is 5.32 Å². The third-order valence-electron chi connectivity index (χ3n) is 4.39. The van der Waals surface area contributed by atoms with E-state index in [4.69, 9.17) is 4.74 Å². The van der Waals surface area contributed by atoms with E-state index in [-0.39, 0.29) is 11.8 Å². The number of carbonyl (C=O) groups excluding carboxylic acids is 1. The molecule has 1 saturated carbocycles. The highest BCUT2D eigenvalue weighted by Gasteiger charge is 2.33. The number of aliphatic hydroxyl groups is 1. The summed E-state index contributed by atoms with van der Waals surface area (Å²) in [5, 5.41) is 13.3. The lowest BCUT2D eigenvalue weighted by atomic mass is 9.84. The summed E-state index contributed by atoms with van der Waals surface area (Å²) < 4.78 is 5.53. The number of para-hydroxylation sites is 1. The maximum atomic E-state index is 12.3. The van der Waals surface area contributed by atoms with Crippen LogP contribution >= 0.6 is 0 Å². The number of hydrogen-bond donors (Lipinski definition) is 2. The molecule has 2 N–H and O–H groups in total. The molecule has 1 atom stereocenters. The van der Waals surface area contributed by atoms with Crippen LogP contribution in [0.1, 0.15) is 43.6 Å². The largest absolute Gasteiger partial charge is 0.492 e. The number of rotatable bonds is 3. The number of amides is 1. The Labute approximate surface area is 119 Å². The summed E-state index contributed by atoms with van der Waals surface area (Å²) in [5.74, 6) is 0.497. The Balaban J connectivity index is 1.60. The predicted octanol–water partition coefficient (Wildman–Crippen LogP) is 1.97. The van der Waals surface area contributed by atoms with E-state index in [0.717, 1.165) is 37.0 Å². The number of hydrogen-bond acceptors (Lipinski definition) is 3. The van der Waals surface area contributed by atoms with Gasteiger partial charge in [-0.15, -0.1) is 0 Å². The van der Waals surface area contributed by atoms with E-state index >= 15 is 0 Å². The van der Waals surface area contributed by atoms with Crippen LogP contribution in [0, 0.1) is 0 Å². The second kappa shape index (κ2) is 5.44. The lowest BCUT2D eigenvalue weighted by Crippen LogP contribution is -2.45. The fraction of sp³-hybridized carbons (Fsp3) is 0.562. The van der Waals surface area contributed by atoms with Crippen LogP contribution in [0.4, 0.5) is 0 Å². The third kappa shape index (κ3) is 2.66. The quantitative estimate of drug-likeness (QED) is 0.886. The first-order valence-corrected chi connectivity index (χ1v) is 7.40. The Hall–Kier alpha value is -1.55. The van der Waals surface area contributed by atoms with Crippen molar-refractivity contribution in [2.45, 2.75) is 43.6 Å². The monoisotopic (exact) mass is 275 g/mol. The van der Waals surface area contributed by atoms with Gasteiger partial charge < -0.3 is 15.2 Å². The van der Waals surface area contributed by atoms with Crippen LogP contribution in [-0.2, 0) is 4.79 Å². The highest BCUT2D eigenvalue weighted by Crippen LogP contribution is 2.34. The summed E-state index contributed by atoms with van der Waals surface area (Å²) in [6, 6.07) is 7.64. The van der Waals surface area contributed by atoms with Gasteiger partial charge in [-0.05, 0) is 18.9 Å². The first-order chi connectivity index (χ1) is 9.68. The molecule has 0 spiro atoms. The van der Waals surface area contributed by atoms with Gasteiger partial charge in [-0.2, -0.15) is 0 Å². The summed E-state index contributed by atoms with van der Waals surface area (Å²) in [6.07, 6.45) is 4.83. The van der Waals surface area contributed by atoms with Gasteiger partial charge in [0.05, 0.1) is 5.60 Å². The smallest absolute Gasteiger partial charge is 0.231 e. The summed E-state index contributed by atoms with van der Waals surface area (Å²) in [4.78, 5) is 12.3. The number of fused-ring (bicyclic) bond motifs is 1. The molecule has 0 radical (unpaired) electrons. The fourth-order valence-corrected chi connectivity index (χ4v) is 3.14. The maximum absolute atomic E-state index is 12.3. The van der Waals surface area contributed by atoms with Crippen LogP contribution in [0.2, 0.25) is 0 Å². The van der Waals surface area contributed by atoms with Crippen molar-refractivity contribution in [2.75, 3.05) is 13.2 Å². The minimum absolute atomic E-state index is 0.0473. The summed E-state index contributed by atoms with van der Waals surface area (Å²) in [7, 11) is 0. The van der Waals surface area contributed by atoms with Crippen LogP contribution in [0.25, 0.3) is 0 Å². The molecule has 2 aliphatic rings. The molecule has 1 fully saturated rings. The fourth-order valence-electron chi connectivity index (χ4n) is 3.14. The number of ether oxygens (including phenoxy) is 1. The van der Waals surface area contributed by atoms with E-state index in [1.807, 2.05) is 24.3 Å². The zero-order valence-corrected chi connectivity index (χ0v) is 11.6. The second-order valence-corrected chi connectivity index (χ2v) is 5.90. The van der Waals surface area contributed by atoms with Crippen LogP contribution in [0.15, 0.2) is 24.3 Å². The van der Waals surface area contributed by atoms with Crippen molar-refractivity contribution in [3.63, 3.8) is 0 Å². The zero-order valence-electron chi connectivity index (χ0n) is 11.6. The molecule has 1 aromatic carbocycles. The Kier molecular flexibility index (Phi) is 3.66. The number of nitrogens with one attached hydrogen (secondary N) is 1. The Morgan fingerprint density at radius 1 is 1.30 bits per heavy atom. The number of carbonyl (C=O) groups is 1. The Morgan fingerprint density at radius 3 is 2.85 bits per heavy atom. The predicted molar refractivity (Wildman–Crippen MR) is 75.7 cm³/mol. The first-order valence-electron chi connectivity index (χ1n) is 7.40. The minimum atomic E-state index is -0.715. The van der Waals surface area contributed by atoms with Crippen LogP contribution in [0.3, 0.4) is 0 Å². The van der Waals surface area contributed by atoms with Gasteiger partial charge in [-0.1, -0.05) is 37.5 Å². The standard InChI is InChI=1S/C16H21NO3/c18-15(17-11-16(19)8-4-1-5-9-16)13-10-20-14-7-3-2-6-12(13)14/h2-3,6-7,13,19H,1,4-5,8-11H2,(H,17,18). The van der Waals surface area contributed by atoms with Gasteiger partial charge in [0, 0.05) is 12.1 Å². The molecule has 108 valence electrons. The summed E-state index contributed by atoms with van der Waals surface area (Å²) in [6.45, 7) is 0.744. The minimum Gasteiger partial charge on any atom is -0.492 e. The van der Waals surface area contributed by atoms with Crippen molar-refractivity contribution < 1.29 is 14.6 Å². The molecule has 1 aliphatic carbocycles. The van der Waals surface area contributed by atoms with Crippen molar-refractivity contribution in [1.29, 1.82) is 0 Å². The van der Waals surface area contributed by atoms with Crippen LogP contribution in [0.5, 0.6) is 5.75 Å².